The lowest BCUT2D eigenvalue weighted by molar-refractivity contribution is -0.131. The van der Waals surface area contributed by atoms with Gasteiger partial charge in [0.1, 0.15) is 6.10 Å². The highest BCUT2D eigenvalue weighted by atomic mass is 16.3. The van der Waals surface area contributed by atoms with Crippen molar-refractivity contribution in [3.05, 3.63) is 36.5 Å². The average molecular weight is 901 g/mol. The van der Waals surface area contributed by atoms with Crippen LogP contribution in [0, 0.1) is 0 Å². The molecule has 0 bridgehead atoms. The molecule has 0 rings (SSSR count). The van der Waals surface area contributed by atoms with Crippen molar-refractivity contribution < 1.29 is 20.1 Å². The fourth-order valence-electron chi connectivity index (χ4n) is 8.98. The Hall–Kier alpha value is -1.43. The van der Waals surface area contributed by atoms with Crippen LogP contribution < -0.4 is 5.32 Å². The molecule has 0 aromatic heterocycles. The zero-order chi connectivity index (χ0) is 46.5. The first-order valence-electron chi connectivity index (χ1n) is 28.8. The molecule has 5 nitrogen and oxygen atoms in total. The predicted octanol–water partition coefficient (Wildman–Crippen LogP) is 17.8. The van der Waals surface area contributed by atoms with E-state index in [0.717, 1.165) is 38.5 Å². The Morgan fingerprint density at radius 1 is 0.391 bits per heavy atom. The summed E-state index contributed by atoms with van der Waals surface area (Å²) in [6.07, 6.45) is 71.1. The van der Waals surface area contributed by atoms with Gasteiger partial charge in [-0.05, 0) is 51.4 Å². The molecule has 64 heavy (non-hydrogen) atoms. The maximum atomic E-state index is 12.5. The molecular weight excluding hydrogens is 787 g/mol. The molecule has 4 N–H and O–H groups in total. The number of carbonyl (C=O) groups is 1. The largest absolute Gasteiger partial charge is 0.394 e. The van der Waals surface area contributed by atoms with Gasteiger partial charge in [-0.1, -0.05) is 294 Å². The lowest BCUT2D eigenvalue weighted by Crippen LogP contribution is -2.48. The predicted molar refractivity (Wildman–Crippen MR) is 282 cm³/mol. The smallest absolute Gasteiger partial charge is 0.249 e. The van der Waals surface area contributed by atoms with Gasteiger partial charge in [0.05, 0.1) is 18.8 Å². The van der Waals surface area contributed by atoms with Crippen molar-refractivity contribution in [1.82, 2.24) is 5.32 Å². The molecule has 0 aliphatic carbocycles. The summed E-state index contributed by atoms with van der Waals surface area (Å²) in [5.41, 5.74) is 0. The van der Waals surface area contributed by atoms with Gasteiger partial charge in [-0.25, -0.2) is 0 Å². The molecule has 1 amide bonds. The highest BCUT2D eigenvalue weighted by Crippen LogP contribution is 2.17. The maximum Gasteiger partial charge on any atom is 0.249 e. The summed E-state index contributed by atoms with van der Waals surface area (Å²) < 4.78 is 0. The Morgan fingerprint density at radius 2 is 0.672 bits per heavy atom. The highest BCUT2D eigenvalue weighted by molar-refractivity contribution is 5.80. The minimum Gasteiger partial charge on any atom is -0.394 e. The first-order valence-corrected chi connectivity index (χ1v) is 28.8. The van der Waals surface area contributed by atoms with Crippen molar-refractivity contribution in [2.45, 2.75) is 327 Å². The van der Waals surface area contributed by atoms with Crippen LogP contribution in [0.25, 0.3) is 0 Å². The summed E-state index contributed by atoms with van der Waals surface area (Å²) >= 11 is 0. The van der Waals surface area contributed by atoms with E-state index in [9.17, 15) is 20.1 Å². The average Bonchev–Trinajstić information content (AvgIpc) is 3.30. The van der Waals surface area contributed by atoms with E-state index in [1.165, 1.54) is 250 Å². The summed E-state index contributed by atoms with van der Waals surface area (Å²) in [7, 11) is 0. The van der Waals surface area contributed by atoms with Crippen molar-refractivity contribution in [3.63, 3.8) is 0 Å². The van der Waals surface area contributed by atoms with Crippen LogP contribution in [0.2, 0.25) is 0 Å². The monoisotopic (exact) mass is 900 g/mol. The zero-order valence-electron chi connectivity index (χ0n) is 43.2. The number of carbonyl (C=O) groups excluding carboxylic acids is 1. The Labute approximate surface area is 400 Å². The number of unbranched alkanes of at least 4 members (excludes halogenated alkanes) is 41. The minimum atomic E-state index is -1.10. The highest BCUT2D eigenvalue weighted by Gasteiger charge is 2.22. The van der Waals surface area contributed by atoms with Crippen LogP contribution in [-0.4, -0.2) is 46.1 Å². The molecule has 0 fully saturated rings. The molecule has 3 unspecified atom stereocenters. The second-order valence-corrected chi connectivity index (χ2v) is 19.9. The third kappa shape index (κ3) is 48.5. The molecular formula is C59H113NO4. The molecule has 3 atom stereocenters. The molecule has 5 heteroatoms. The number of rotatable bonds is 53. The first-order chi connectivity index (χ1) is 31.6. The van der Waals surface area contributed by atoms with E-state index in [1.807, 2.05) is 6.08 Å². The van der Waals surface area contributed by atoms with Crippen molar-refractivity contribution in [2.75, 3.05) is 6.61 Å². The molecule has 0 aromatic rings. The first kappa shape index (κ1) is 62.6. The van der Waals surface area contributed by atoms with Crippen LogP contribution in [0.1, 0.15) is 309 Å². The Kier molecular flexibility index (Phi) is 53.0. The number of hydrogen-bond donors (Lipinski definition) is 4. The molecule has 0 aliphatic rings. The third-order valence-corrected chi connectivity index (χ3v) is 13.5. The second kappa shape index (κ2) is 54.2. The number of aliphatic hydroxyl groups is 3. The molecule has 0 radical (unpaired) electrons. The number of allylic oxidation sites excluding steroid dienone is 5. The Bertz CT molecular complexity index is 993. The van der Waals surface area contributed by atoms with Gasteiger partial charge in [0, 0.05) is 0 Å². The molecule has 378 valence electrons. The lowest BCUT2D eigenvalue weighted by atomic mass is 10.0. The summed E-state index contributed by atoms with van der Waals surface area (Å²) in [4.78, 5) is 12.5. The topological polar surface area (TPSA) is 89.8 Å². The summed E-state index contributed by atoms with van der Waals surface area (Å²) in [6, 6.07) is -0.796. The third-order valence-electron chi connectivity index (χ3n) is 13.5. The molecule has 0 spiro atoms. The molecule has 0 aromatic carbocycles. The van der Waals surface area contributed by atoms with E-state index < -0.39 is 24.2 Å². The fourth-order valence-corrected chi connectivity index (χ4v) is 8.98. The van der Waals surface area contributed by atoms with E-state index >= 15 is 0 Å². The Morgan fingerprint density at radius 3 is 0.984 bits per heavy atom. The molecule has 0 heterocycles. The van der Waals surface area contributed by atoms with E-state index in [4.69, 9.17) is 0 Å². The summed E-state index contributed by atoms with van der Waals surface area (Å²) in [6.45, 7) is 4.19. The van der Waals surface area contributed by atoms with Crippen LogP contribution in [0.4, 0.5) is 0 Å². The summed E-state index contributed by atoms with van der Waals surface area (Å²) in [5.74, 6) is -0.501. The standard InChI is InChI=1S/C59H113NO4/c1-3-5-7-9-11-13-15-17-18-19-20-21-22-23-24-25-26-27-28-29-30-31-32-33-34-35-36-37-38-39-40-41-42-44-46-48-50-52-54-58(63)59(64)60-56(55-61)57(62)53-51-49-47-45-43-16-14-12-10-8-6-4-2/h26-27,29-30,51,53,56-58,61-63H,3-25,28,31-50,52,54-55H2,1-2H3,(H,60,64)/b27-26-,30-29-,53-51+. The normalized spacial score (nSPS) is 13.5. The van der Waals surface area contributed by atoms with Gasteiger partial charge in [-0.3, -0.25) is 4.79 Å². The van der Waals surface area contributed by atoms with Gasteiger partial charge in [-0.15, -0.1) is 0 Å². The van der Waals surface area contributed by atoms with Gasteiger partial charge in [-0.2, -0.15) is 0 Å². The molecule has 0 saturated heterocycles. The SMILES string of the molecule is CCCCCCCCCCCC/C=C/C(O)C(CO)NC(=O)C(O)CCCCCCCCCCCCCCCCCC/C=C\C/C=C\CCCCCCCCCCCCCCCCC. The van der Waals surface area contributed by atoms with Crippen LogP contribution in [0.3, 0.4) is 0 Å². The van der Waals surface area contributed by atoms with E-state index in [2.05, 4.69) is 43.5 Å². The van der Waals surface area contributed by atoms with Crippen molar-refractivity contribution >= 4 is 5.91 Å². The van der Waals surface area contributed by atoms with E-state index in [0.29, 0.717) is 6.42 Å². The van der Waals surface area contributed by atoms with Crippen molar-refractivity contribution in [1.29, 1.82) is 0 Å². The van der Waals surface area contributed by atoms with Crippen LogP contribution in [-0.2, 0) is 4.79 Å². The quantitative estimate of drug-likeness (QED) is 0.0362. The maximum absolute atomic E-state index is 12.5. The number of amides is 1. The molecule has 0 aliphatic heterocycles. The van der Waals surface area contributed by atoms with Gasteiger partial charge < -0.3 is 20.6 Å². The van der Waals surface area contributed by atoms with Crippen LogP contribution >= 0.6 is 0 Å². The second-order valence-electron chi connectivity index (χ2n) is 19.9. The van der Waals surface area contributed by atoms with E-state index in [1.54, 1.807) is 6.08 Å². The van der Waals surface area contributed by atoms with Crippen LogP contribution in [0.5, 0.6) is 0 Å². The van der Waals surface area contributed by atoms with Gasteiger partial charge in [0.15, 0.2) is 0 Å². The van der Waals surface area contributed by atoms with Gasteiger partial charge in [0.2, 0.25) is 5.91 Å². The van der Waals surface area contributed by atoms with Gasteiger partial charge in [0.25, 0.3) is 0 Å². The lowest BCUT2D eigenvalue weighted by Gasteiger charge is -2.21. The van der Waals surface area contributed by atoms with Crippen LogP contribution in [0.15, 0.2) is 36.5 Å². The van der Waals surface area contributed by atoms with Gasteiger partial charge >= 0.3 is 0 Å². The zero-order valence-corrected chi connectivity index (χ0v) is 43.2. The molecule has 0 saturated carbocycles. The van der Waals surface area contributed by atoms with Crippen molar-refractivity contribution in [2.24, 2.45) is 0 Å². The van der Waals surface area contributed by atoms with Crippen molar-refractivity contribution in [3.8, 4) is 0 Å². The number of hydrogen-bond acceptors (Lipinski definition) is 4. The van der Waals surface area contributed by atoms with E-state index in [-0.39, 0.29) is 6.61 Å². The number of nitrogens with one attached hydrogen (secondary N) is 1. The fraction of sp³-hybridized carbons (Fsp3) is 0.881. The Balaban J connectivity index is 3.47. The number of aliphatic hydroxyl groups excluding tert-OH is 3. The minimum absolute atomic E-state index is 0.362. The summed E-state index contributed by atoms with van der Waals surface area (Å²) in [5, 5.41) is 33.2.